The van der Waals surface area contributed by atoms with Crippen molar-refractivity contribution in [3.8, 4) is 0 Å². The van der Waals surface area contributed by atoms with Crippen molar-refractivity contribution in [2.75, 3.05) is 13.2 Å². The van der Waals surface area contributed by atoms with Crippen molar-refractivity contribution in [3.05, 3.63) is 35.9 Å². The maximum absolute atomic E-state index is 9.38. The van der Waals surface area contributed by atoms with Gasteiger partial charge in [-0.15, -0.1) is 0 Å². The van der Waals surface area contributed by atoms with Crippen molar-refractivity contribution >= 4 is 0 Å². The summed E-state index contributed by atoms with van der Waals surface area (Å²) in [7, 11) is 0. The highest BCUT2D eigenvalue weighted by Gasteiger charge is 2.42. The third-order valence-electron chi connectivity index (χ3n) is 5.36. The highest BCUT2D eigenvalue weighted by atomic mass is 16.3. The standard InChI is InChI=1S/C17H27NO/c1-14-9-11-18(13-16-7-5-4-6-8-16)15(2)17(14,3)10-12-19/h4-8,14-15,19H,9-13H2,1-3H3. The average molecular weight is 261 g/mol. The van der Waals surface area contributed by atoms with Gasteiger partial charge >= 0.3 is 0 Å². The molecule has 1 N–H and O–H groups in total. The average Bonchev–Trinajstić information content (AvgIpc) is 2.42. The Bertz CT molecular complexity index is 392. The monoisotopic (exact) mass is 261 g/mol. The molecule has 0 amide bonds. The lowest BCUT2D eigenvalue weighted by atomic mass is 9.66. The Hall–Kier alpha value is -0.860. The number of rotatable bonds is 4. The third-order valence-corrected chi connectivity index (χ3v) is 5.36. The Morgan fingerprint density at radius 3 is 2.58 bits per heavy atom. The summed E-state index contributed by atoms with van der Waals surface area (Å²) < 4.78 is 0. The number of aliphatic hydroxyl groups excluding tert-OH is 1. The number of piperidine rings is 1. The molecular weight excluding hydrogens is 234 g/mol. The van der Waals surface area contributed by atoms with Crippen molar-refractivity contribution in [3.63, 3.8) is 0 Å². The summed E-state index contributed by atoms with van der Waals surface area (Å²) in [5.41, 5.74) is 1.61. The number of hydrogen-bond donors (Lipinski definition) is 1. The first-order valence-corrected chi connectivity index (χ1v) is 7.46. The first kappa shape index (κ1) is 14.5. The van der Waals surface area contributed by atoms with Crippen molar-refractivity contribution in [1.82, 2.24) is 4.90 Å². The molecule has 1 heterocycles. The molecule has 1 aromatic rings. The molecule has 0 aromatic heterocycles. The van der Waals surface area contributed by atoms with E-state index in [-0.39, 0.29) is 5.41 Å². The van der Waals surface area contributed by atoms with E-state index in [4.69, 9.17) is 0 Å². The molecule has 1 aliphatic heterocycles. The topological polar surface area (TPSA) is 23.5 Å². The van der Waals surface area contributed by atoms with Crippen LogP contribution in [0.3, 0.4) is 0 Å². The molecule has 1 saturated heterocycles. The second-order valence-electron chi connectivity index (χ2n) is 6.30. The second-order valence-corrected chi connectivity index (χ2v) is 6.30. The lowest BCUT2D eigenvalue weighted by Crippen LogP contribution is -2.53. The molecule has 0 spiro atoms. The van der Waals surface area contributed by atoms with Crippen molar-refractivity contribution in [2.45, 2.75) is 46.2 Å². The van der Waals surface area contributed by atoms with Gasteiger partial charge in [-0.1, -0.05) is 44.2 Å². The van der Waals surface area contributed by atoms with E-state index in [1.165, 1.54) is 12.0 Å². The maximum Gasteiger partial charge on any atom is 0.0436 e. The van der Waals surface area contributed by atoms with E-state index < -0.39 is 0 Å². The molecule has 0 radical (unpaired) electrons. The fraction of sp³-hybridized carbons (Fsp3) is 0.647. The first-order valence-electron chi connectivity index (χ1n) is 7.46. The van der Waals surface area contributed by atoms with Crippen LogP contribution in [0.4, 0.5) is 0 Å². The minimum absolute atomic E-state index is 0.224. The van der Waals surface area contributed by atoms with Gasteiger partial charge < -0.3 is 5.11 Å². The Kier molecular flexibility index (Phi) is 4.64. The molecule has 2 heteroatoms. The molecule has 0 aliphatic carbocycles. The minimum Gasteiger partial charge on any atom is -0.396 e. The molecule has 3 unspecified atom stereocenters. The van der Waals surface area contributed by atoms with E-state index in [0.29, 0.717) is 18.6 Å². The van der Waals surface area contributed by atoms with Gasteiger partial charge in [-0.3, -0.25) is 4.90 Å². The van der Waals surface area contributed by atoms with Crippen LogP contribution < -0.4 is 0 Å². The van der Waals surface area contributed by atoms with Crippen LogP contribution in [0.1, 0.15) is 39.2 Å². The van der Waals surface area contributed by atoms with Gasteiger partial charge in [-0.25, -0.2) is 0 Å². The van der Waals surface area contributed by atoms with Crippen LogP contribution in [0, 0.1) is 11.3 Å². The number of benzene rings is 1. The van der Waals surface area contributed by atoms with E-state index in [1.54, 1.807) is 0 Å². The number of likely N-dealkylation sites (tertiary alicyclic amines) is 1. The maximum atomic E-state index is 9.38. The molecule has 106 valence electrons. The third kappa shape index (κ3) is 3.01. The highest BCUT2D eigenvalue weighted by molar-refractivity contribution is 5.15. The molecule has 2 nitrogen and oxygen atoms in total. The molecule has 0 bridgehead atoms. The normalized spacial score (nSPS) is 32.4. The molecule has 2 rings (SSSR count). The van der Waals surface area contributed by atoms with Gasteiger partial charge in [-0.2, -0.15) is 0 Å². The fourth-order valence-corrected chi connectivity index (χ4v) is 3.44. The van der Waals surface area contributed by atoms with Crippen LogP contribution in [0.2, 0.25) is 0 Å². The fourth-order valence-electron chi connectivity index (χ4n) is 3.44. The van der Waals surface area contributed by atoms with E-state index >= 15 is 0 Å². The van der Waals surface area contributed by atoms with Crippen LogP contribution in [0.25, 0.3) is 0 Å². The smallest absolute Gasteiger partial charge is 0.0436 e. The predicted molar refractivity (Wildman–Crippen MR) is 79.9 cm³/mol. The second kappa shape index (κ2) is 6.06. The Labute approximate surface area is 117 Å². The van der Waals surface area contributed by atoms with Gasteiger partial charge in [0.15, 0.2) is 0 Å². The van der Waals surface area contributed by atoms with E-state index in [9.17, 15) is 5.11 Å². The largest absolute Gasteiger partial charge is 0.396 e. The van der Waals surface area contributed by atoms with Crippen molar-refractivity contribution < 1.29 is 5.11 Å². The van der Waals surface area contributed by atoms with E-state index in [1.807, 2.05) is 0 Å². The lowest BCUT2D eigenvalue weighted by molar-refractivity contribution is -0.0277. The van der Waals surface area contributed by atoms with Gasteiger partial charge in [0.1, 0.15) is 0 Å². The lowest BCUT2D eigenvalue weighted by Gasteiger charge is -2.51. The molecule has 1 aromatic carbocycles. The zero-order valence-corrected chi connectivity index (χ0v) is 12.5. The SMILES string of the molecule is CC1CCN(Cc2ccccc2)C(C)C1(C)CCO. The molecule has 1 aliphatic rings. The summed E-state index contributed by atoms with van der Waals surface area (Å²) in [4.78, 5) is 2.57. The summed E-state index contributed by atoms with van der Waals surface area (Å²) in [6.07, 6.45) is 2.13. The summed E-state index contributed by atoms with van der Waals surface area (Å²) in [5.74, 6) is 0.682. The molecule has 1 fully saturated rings. The zero-order chi connectivity index (χ0) is 13.9. The van der Waals surface area contributed by atoms with Crippen LogP contribution >= 0.6 is 0 Å². The van der Waals surface area contributed by atoms with Crippen molar-refractivity contribution in [1.29, 1.82) is 0 Å². The van der Waals surface area contributed by atoms with Gasteiger partial charge in [0.25, 0.3) is 0 Å². The van der Waals surface area contributed by atoms with Crippen LogP contribution in [0.15, 0.2) is 30.3 Å². The van der Waals surface area contributed by atoms with Crippen LogP contribution in [-0.2, 0) is 6.54 Å². The van der Waals surface area contributed by atoms with Gasteiger partial charge in [-0.05, 0) is 43.2 Å². The minimum atomic E-state index is 0.224. The highest BCUT2D eigenvalue weighted by Crippen LogP contribution is 2.43. The first-order chi connectivity index (χ1) is 9.08. The van der Waals surface area contributed by atoms with Crippen LogP contribution in [-0.4, -0.2) is 29.2 Å². The Morgan fingerprint density at radius 2 is 1.95 bits per heavy atom. The molecular formula is C17H27NO. The van der Waals surface area contributed by atoms with E-state index in [0.717, 1.165) is 19.5 Å². The quantitative estimate of drug-likeness (QED) is 0.899. The van der Waals surface area contributed by atoms with Gasteiger partial charge in [0.2, 0.25) is 0 Å². The van der Waals surface area contributed by atoms with Gasteiger partial charge in [0.05, 0.1) is 0 Å². The van der Waals surface area contributed by atoms with Crippen molar-refractivity contribution in [2.24, 2.45) is 11.3 Å². The number of hydrogen-bond acceptors (Lipinski definition) is 2. The number of aliphatic hydroxyl groups is 1. The number of nitrogens with zero attached hydrogens (tertiary/aromatic N) is 1. The molecule has 0 saturated carbocycles. The predicted octanol–water partition coefficient (Wildman–Crippen LogP) is 3.31. The van der Waals surface area contributed by atoms with E-state index in [2.05, 4.69) is 56.0 Å². The zero-order valence-electron chi connectivity index (χ0n) is 12.5. The summed E-state index contributed by atoms with van der Waals surface area (Å²) >= 11 is 0. The Balaban J connectivity index is 2.10. The molecule has 19 heavy (non-hydrogen) atoms. The summed E-state index contributed by atoms with van der Waals surface area (Å²) in [6, 6.07) is 11.2. The molecule has 3 atom stereocenters. The Morgan fingerprint density at radius 1 is 1.26 bits per heavy atom. The van der Waals surface area contributed by atoms with Crippen LogP contribution in [0.5, 0.6) is 0 Å². The van der Waals surface area contributed by atoms with Gasteiger partial charge in [0, 0.05) is 19.2 Å². The summed E-state index contributed by atoms with van der Waals surface area (Å²) in [5, 5.41) is 9.38. The summed E-state index contributed by atoms with van der Waals surface area (Å²) in [6.45, 7) is 9.49.